The smallest absolute Gasteiger partial charge is 0.240 e. The summed E-state index contributed by atoms with van der Waals surface area (Å²) in [4.78, 5) is 15.9. The molecule has 1 rings (SSSR count). The van der Waals surface area contributed by atoms with Gasteiger partial charge in [-0.2, -0.15) is 0 Å². The Morgan fingerprint density at radius 1 is 1.38 bits per heavy atom. The molecule has 1 unspecified atom stereocenters. The van der Waals surface area contributed by atoms with Gasteiger partial charge in [0.05, 0.1) is 6.61 Å². The first kappa shape index (κ1) is 13.7. The van der Waals surface area contributed by atoms with Crippen molar-refractivity contribution in [3.63, 3.8) is 0 Å². The third-order valence-corrected chi connectivity index (χ3v) is 3.04. The van der Waals surface area contributed by atoms with Gasteiger partial charge in [0.1, 0.15) is 5.38 Å². The number of halogens is 1. The monoisotopic (exact) mass is 248 g/mol. The third-order valence-electron chi connectivity index (χ3n) is 2.85. The Labute approximate surface area is 102 Å². The molecule has 1 aliphatic rings. The van der Waals surface area contributed by atoms with Crippen molar-refractivity contribution in [2.75, 3.05) is 46.4 Å². The van der Waals surface area contributed by atoms with Crippen molar-refractivity contribution in [1.29, 1.82) is 0 Å². The maximum atomic E-state index is 11.7. The normalized spacial score (nSPS) is 20.6. The maximum Gasteiger partial charge on any atom is 0.240 e. The minimum atomic E-state index is -0.412. The molecule has 0 aliphatic carbocycles. The molecule has 0 aromatic heterocycles. The van der Waals surface area contributed by atoms with Crippen LogP contribution in [0.15, 0.2) is 0 Å². The van der Waals surface area contributed by atoms with E-state index in [-0.39, 0.29) is 5.91 Å². The molecular weight excluding hydrogens is 228 g/mol. The van der Waals surface area contributed by atoms with Crippen molar-refractivity contribution >= 4 is 17.5 Å². The Bertz CT molecular complexity index is 224. The SMILES string of the molecule is COCCN1CCCN(C(=O)C(C)Cl)CC1. The fourth-order valence-corrected chi connectivity index (χ4v) is 2.02. The highest BCUT2D eigenvalue weighted by molar-refractivity contribution is 6.30. The Morgan fingerprint density at radius 2 is 2.12 bits per heavy atom. The standard InChI is InChI=1S/C11H21ClN2O2/c1-10(12)11(15)14-5-3-4-13(6-7-14)8-9-16-2/h10H,3-9H2,1-2H3. The lowest BCUT2D eigenvalue weighted by molar-refractivity contribution is -0.130. The predicted molar refractivity (Wildman–Crippen MR) is 64.8 cm³/mol. The average Bonchev–Trinajstić information content (AvgIpc) is 2.50. The lowest BCUT2D eigenvalue weighted by atomic mass is 10.3. The van der Waals surface area contributed by atoms with E-state index in [1.54, 1.807) is 14.0 Å². The van der Waals surface area contributed by atoms with E-state index in [1.807, 2.05) is 4.90 Å². The molecule has 0 aromatic rings. The summed E-state index contributed by atoms with van der Waals surface area (Å²) in [5, 5.41) is -0.412. The van der Waals surface area contributed by atoms with E-state index < -0.39 is 5.38 Å². The van der Waals surface area contributed by atoms with Crippen molar-refractivity contribution in [1.82, 2.24) is 9.80 Å². The quantitative estimate of drug-likeness (QED) is 0.690. The first-order chi connectivity index (χ1) is 7.65. The van der Waals surface area contributed by atoms with E-state index in [9.17, 15) is 4.79 Å². The second-order valence-corrected chi connectivity index (χ2v) is 4.78. The predicted octanol–water partition coefficient (Wildman–Crippen LogP) is 0.794. The van der Waals surface area contributed by atoms with Crippen molar-refractivity contribution in [2.24, 2.45) is 0 Å². The molecule has 1 aliphatic heterocycles. The van der Waals surface area contributed by atoms with Gasteiger partial charge in [-0.25, -0.2) is 0 Å². The van der Waals surface area contributed by atoms with Crippen LogP contribution in [-0.4, -0.2) is 67.5 Å². The lowest BCUT2D eigenvalue weighted by Gasteiger charge is -2.22. The molecule has 0 saturated carbocycles. The zero-order valence-electron chi connectivity index (χ0n) is 10.1. The van der Waals surface area contributed by atoms with Crippen LogP contribution in [-0.2, 0) is 9.53 Å². The minimum absolute atomic E-state index is 0.0512. The average molecular weight is 249 g/mol. The van der Waals surface area contributed by atoms with Crippen LogP contribution in [0.4, 0.5) is 0 Å². The van der Waals surface area contributed by atoms with Gasteiger partial charge >= 0.3 is 0 Å². The van der Waals surface area contributed by atoms with Gasteiger partial charge in [0.2, 0.25) is 5.91 Å². The van der Waals surface area contributed by atoms with Gasteiger partial charge in [-0.15, -0.1) is 11.6 Å². The van der Waals surface area contributed by atoms with Gasteiger partial charge in [-0.1, -0.05) is 0 Å². The lowest BCUT2D eigenvalue weighted by Crippen LogP contribution is -2.39. The van der Waals surface area contributed by atoms with Crippen molar-refractivity contribution in [2.45, 2.75) is 18.7 Å². The number of amides is 1. The van der Waals surface area contributed by atoms with Crippen LogP contribution >= 0.6 is 11.6 Å². The van der Waals surface area contributed by atoms with Crippen LogP contribution in [0, 0.1) is 0 Å². The van der Waals surface area contributed by atoms with E-state index in [0.717, 1.165) is 45.8 Å². The summed E-state index contributed by atoms with van der Waals surface area (Å²) in [6.45, 7) is 6.97. The van der Waals surface area contributed by atoms with Crippen molar-refractivity contribution in [3.05, 3.63) is 0 Å². The van der Waals surface area contributed by atoms with Crippen LogP contribution in [0.25, 0.3) is 0 Å². The van der Waals surface area contributed by atoms with Crippen molar-refractivity contribution < 1.29 is 9.53 Å². The second kappa shape index (κ2) is 7.09. The van der Waals surface area contributed by atoms with Crippen LogP contribution < -0.4 is 0 Å². The number of ether oxygens (including phenoxy) is 1. The fourth-order valence-electron chi connectivity index (χ4n) is 1.89. The Balaban J connectivity index is 2.37. The molecule has 0 bridgehead atoms. The maximum absolute atomic E-state index is 11.7. The van der Waals surface area contributed by atoms with E-state index in [2.05, 4.69) is 4.90 Å². The Hall–Kier alpha value is -0.320. The highest BCUT2D eigenvalue weighted by Crippen LogP contribution is 2.07. The van der Waals surface area contributed by atoms with Crippen LogP contribution in [0.2, 0.25) is 0 Å². The van der Waals surface area contributed by atoms with Crippen LogP contribution in [0.1, 0.15) is 13.3 Å². The molecule has 0 radical (unpaired) electrons. The van der Waals surface area contributed by atoms with E-state index in [0.29, 0.717) is 0 Å². The summed E-state index contributed by atoms with van der Waals surface area (Å²) in [5.74, 6) is 0.0512. The van der Waals surface area contributed by atoms with Crippen LogP contribution in [0.5, 0.6) is 0 Å². The molecular formula is C11H21ClN2O2. The second-order valence-electron chi connectivity index (χ2n) is 4.13. The number of alkyl halides is 1. The number of nitrogens with zero attached hydrogens (tertiary/aromatic N) is 2. The number of carbonyl (C=O) groups is 1. The summed E-state index contributed by atoms with van der Waals surface area (Å²) in [6, 6.07) is 0. The molecule has 1 heterocycles. The highest BCUT2D eigenvalue weighted by Gasteiger charge is 2.21. The topological polar surface area (TPSA) is 32.8 Å². The third kappa shape index (κ3) is 4.28. The van der Waals surface area contributed by atoms with Gasteiger partial charge in [0, 0.05) is 33.3 Å². The van der Waals surface area contributed by atoms with E-state index >= 15 is 0 Å². The number of hydrogen-bond donors (Lipinski definition) is 0. The molecule has 1 amide bonds. The summed E-state index contributed by atoms with van der Waals surface area (Å²) in [7, 11) is 1.71. The van der Waals surface area contributed by atoms with Gasteiger partial charge < -0.3 is 9.64 Å². The summed E-state index contributed by atoms with van der Waals surface area (Å²) >= 11 is 5.81. The molecule has 0 aromatic carbocycles. The number of methoxy groups -OCH3 is 1. The molecule has 0 spiro atoms. The van der Waals surface area contributed by atoms with Crippen molar-refractivity contribution in [3.8, 4) is 0 Å². The van der Waals surface area contributed by atoms with Gasteiger partial charge in [-0.3, -0.25) is 9.69 Å². The molecule has 1 fully saturated rings. The Kier molecular flexibility index (Phi) is 6.09. The largest absolute Gasteiger partial charge is 0.383 e. The first-order valence-corrected chi connectivity index (χ1v) is 6.23. The minimum Gasteiger partial charge on any atom is -0.383 e. The van der Waals surface area contributed by atoms with Crippen LogP contribution in [0.3, 0.4) is 0 Å². The van der Waals surface area contributed by atoms with Gasteiger partial charge in [0.15, 0.2) is 0 Å². The molecule has 5 heteroatoms. The van der Waals surface area contributed by atoms with E-state index in [1.165, 1.54) is 0 Å². The number of carbonyl (C=O) groups excluding carboxylic acids is 1. The number of rotatable bonds is 4. The zero-order valence-corrected chi connectivity index (χ0v) is 10.9. The summed E-state index contributed by atoms with van der Waals surface area (Å²) in [6.07, 6.45) is 1.01. The zero-order chi connectivity index (χ0) is 12.0. The Morgan fingerprint density at radius 3 is 2.75 bits per heavy atom. The summed E-state index contributed by atoms with van der Waals surface area (Å²) in [5.41, 5.74) is 0. The first-order valence-electron chi connectivity index (χ1n) is 5.79. The van der Waals surface area contributed by atoms with Gasteiger partial charge in [-0.05, 0) is 19.9 Å². The van der Waals surface area contributed by atoms with E-state index in [4.69, 9.17) is 16.3 Å². The molecule has 1 saturated heterocycles. The number of hydrogen-bond acceptors (Lipinski definition) is 3. The summed E-state index contributed by atoms with van der Waals surface area (Å²) < 4.78 is 5.05. The van der Waals surface area contributed by atoms with Gasteiger partial charge in [0.25, 0.3) is 0 Å². The highest BCUT2D eigenvalue weighted by atomic mass is 35.5. The molecule has 0 N–H and O–H groups in total. The molecule has 94 valence electrons. The molecule has 4 nitrogen and oxygen atoms in total. The fraction of sp³-hybridized carbons (Fsp3) is 0.909. The molecule has 16 heavy (non-hydrogen) atoms. The molecule has 1 atom stereocenters.